The van der Waals surface area contributed by atoms with Crippen molar-refractivity contribution in [1.29, 1.82) is 0 Å². The molecule has 0 aromatic rings. The van der Waals surface area contributed by atoms with Crippen LogP contribution in [0.5, 0.6) is 0 Å². The fourth-order valence-electron chi connectivity index (χ4n) is 1.33. The molecule has 1 atom stereocenters. The smallest absolute Gasteiger partial charge is 0.0649 e. The zero-order chi connectivity index (χ0) is 6.10. The Morgan fingerprint density at radius 3 is 3.00 bits per heavy atom. The number of rotatable bonds is 0. The molecule has 0 radical (unpaired) electrons. The Bertz CT molecular complexity index is 95.2. The summed E-state index contributed by atoms with van der Waals surface area (Å²) in [6, 6.07) is 0. The molecule has 2 aliphatic heterocycles. The van der Waals surface area contributed by atoms with Gasteiger partial charge in [-0.25, -0.2) is 0 Å². The standard InChI is InChI=1S/C6H11NS2/c1-3-8-5-6-7(1)2-4-9-6/h6H,1-5H2. The van der Waals surface area contributed by atoms with E-state index in [1.54, 1.807) is 0 Å². The van der Waals surface area contributed by atoms with Crippen LogP contribution in [0.25, 0.3) is 0 Å². The van der Waals surface area contributed by atoms with Gasteiger partial charge in [0.25, 0.3) is 0 Å². The fraction of sp³-hybridized carbons (Fsp3) is 1.00. The van der Waals surface area contributed by atoms with Crippen LogP contribution in [0, 0.1) is 0 Å². The van der Waals surface area contributed by atoms with E-state index in [1.807, 2.05) is 0 Å². The molecule has 2 saturated heterocycles. The van der Waals surface area contributed by atoms with E-state index in [1.165, 1.54) is 30.3 Å². The zero-order valence-corrected chi connectivity index (χ0v) is 7.01. The monoisotopic (exact) mass is 161 g/mol. The van der Waals surface area contributed by atoms with Gasteiger partial charge < -0.3 is 0 Å². The van der Waals surface area contributed by atoms with Crippen LogP contribution >= 0.6 is 23.5 Å². The van der Waals surface area contributed by atoms with Crippen molar-refractivity contribution in [3.63, 3.8) is 0 Å². The first-order valence-corrected chi connectivity index (χ1v) is 5.60. The topological polar surface area (TPSA) is 3.24 Å². The van der Waals surface area contributed by atoms with Gasteiger partial charge in [-0.2, -0.15) is 11.8 Å². The van der Waals surface area contributed by atoms with Gasteiger partial charge in [-0.1, -0.05) is 0 Å². The van der Waals surface area contributed by atoms with Crippen molar-refractivity contribution in [2.45, 2.75) is 5.37 Å². The van der Waals surface area contributed by atoms with E-state index in [4.69, 9.17) is 0 Å². The SMILES string of the molecule is C1CN2CCSC2CS1. The lowest BCUT2D eigenvalue weighted by molar-refractivity contribution is 0.315. The van der Waals surface area contributed by atoms with Crippen LogP contribution in [-0.2, 0) is 0 Å². The summed E-state index contributed by atoms with van der Waals surface area (Å²) in [6.45, 7) is 2.68. The lowest BCUT2D eigenvalue weighted by Gasteiger charge is -2.27. The molecule has 2 heterocycles. The van der Waals surface area contributed by atoms with Crippen molar-refractivity contribution < 1.29 is 0 Å². The van der Waals surface area contributed by atoms with Gasteiger partial charge in [-0.3, -0.25) is 4.90 Å². The first-order chi connectivity index (χ1) is 4.47. The average Bonchev–Trinajstić information content (AvgIpc) is 2.33. The summed E-state index contributed by atoms with van der Waals surface area (Å²) in [7, 11) is 0. The van der Waals surface area contributed by atoms with Crippen molar-refractivity contribution >= 4 is 23.5 Å². The molecule has 3 heteroatoms. The van der Waals surface area contributed by atoms with Crippen LogP contribution in [0.1, 0.15) is 0 Å². The molecule has 0 amide bonds. The summed E-state index contributed by atoms with van der Waals surface area (Å²) >= 11 is 4.24. The Morgan fingerprint density at radius 1 is 1.22 bits per heavy atom. The second kappa shape index (κ2) is 2.72. The summed E-state index contributed by atoms with van der Waals surface area (Å²) in [5.41, 5.74) is 0. The van der Waals surface area contributed by atoms with Crippen LogP contribution in [-0.4, -0.2) is 40.6 Å². The normalized spacial score (nSPS) is 36.7. The van der Waals surface area contributed by atoms with Gasteiger partial charge >= 0.3 is 0 Å². The van der Waals surface area contributed by atoms with E-state index < -0.39 is 0 Å². The first kappa shape index (κ1) is 6.38. The maximum atomic E-state index is 2.61. The van der Waals surface area contributed by atoms with Crippen LogP contribution < -0.4 is 0 Å². The molecule has 52 valence electrons. The molecule has 0 aliphatic carbocycles. The highest BCUT2D eigenvalue weighted by Crippen LogP contribution is 2.29. The maximum absolute atomic E-state index is 2.61. The summed E-state index contributed by atoms with van der Waals surface area (Å²) in [5, 5.41) is 0.878. The zero-order valence-electron chi connectivity index (χ0n) is 5.38. The van der Waals surface area contributed by atoms with Gasteiger partial charge in [0.15, 0.2) is 0 Å². The molecule has 1 unspecified atom stereocenters. The van der Waals surface area contributed by atoms with Crippen molar-refractivity contribution in [2.24, 2.45) is 0 Å². The highest BCUT2D eigenvalue weighted by atomic mass is 32.2. The molecule has 0 aromatic carbocycles. The predicted molar refractivity (Wildman–Crippen MR) is 45.1 cm³/mol. The van der Waals surface area contributed by atoms with Gasteiger partial charge in [0.1, 0.15) is 0 Å². The molecule has 2 rings (SSSR count). The third-order valence-corrected chi connectivity index (χ3v) is 4.38. The highest BCUT2D eigenvalue weighted by molar-refractivity contribution is 8.03. The quantitative estimate of drug-likeness (QED) is 0.524. The molecular weight excluding hydrogens is 150 g/mol. The summed E-state index contributed by atoms with van der Waals surface area (Å²) in [5.74, 6) is 4.09. The van der Waals surface area contributed by atoms with Gasteiger partial charge in [-0.15, -0.1) is 11.8 Å². The minimum Gasteiger partial charge on any atom is -0.289 e. The minimum atomic E-state index is 0.878. The second-order valence-electron chi connectivity index (χ2n) is 2.44. The average molecular weight is 161 g/mol. The van der Waals surface area contributed by atoms with Gasteiger partial charge in [0, 0.05) is 30.3 Å². The van der Waals surface area contributed by atoms with Crippen molar-refractivity contribution in [1.82, 2.24) is 4.90 Å². The second-order valence-corrected chi connectivity index (χ2v) is 4.87. The van der Waals surface area contributed by atoms with Crippen molar-refractivity contribution in [3.8, 4) is 0 Å². The van der Waals surface area contributed by atoms with E-state index in [2.05, 4.69) is 28.4 Å². The molecule has 0 N–H and O–H groups in total. The first-order valence-electron chi connectivity index (χ1n) is 3.40. The van der Waals surface area contributed by atoms with Gasteiger partial charge in [0.05, 0.1) is 5.37 Å². The maximum Gasteiger partial charge on any atom is 0.0649 e. The lowest BCUT2D eigenvalue weighted by atomic mass is 10.5. The van der Waals surface area contributed by atoms with E-state index in [-0.39, 0.29) is 0 Å². The van der Waals surface area contributed by atoms with Gasteiger partial charge in [-0.05, 0) is 0 Å². The van der Waals surface area contributed by atoms with Crippen LogP contribution in [0.3, 0.4) is 0 Å². The number of hydrogen-bond acceptors (Lipinski definition) is 3. The molecule has 2 fully saturated rings. The number of thioether (sulfide) groups is 2. The number of fused-ring (bicyclic) bond motifs is 1. The third kappa shape index (κ3) is 1.23. The van der Waals surface area contributed by atoms with E-state index >= 15 is 0 Å². The Hall–Kier alpha value is 0.660. The molecule has 0 spiro atoms. The molecule has 1 nitrogen and oxygen atoms in total. The van der Waals surface area contributed by atoms with Crippen LogP contribution in [0.4, 0.5) is 0 Å². The van der Waals surface area contributed by atoms with E-state index in [9.17, 15) is 0 Å². The van der Waals surface area contributed by atoms with E-state index in [0.717, 1.165) is 5.37 Å². The molecule has 9 heavy (non-hydrogen) atoms. The summed E-state index contributed by atoms with van der Waals surface area (Å²) < 4.78 is 0. The summed E-state index contributed by atoms with van der Waals surface area (Å²) in [4.78, 5) is 2.61. The molecule has 0 aromatic heterocycles. The number of hydrogen-bond donors (Lipinski definition) is 0. The van der Waals surface area contributed by atoms with Crippen LogP contribution in [0.15, 0.2) is 0 Å². The Morgan fingerprint density at radius 2 is 2.11 bits per heavy atom. The lowest BCUT2D eigenvalue weighted by Crippen LogP contribution is -2.35. The Labute approximate surface area is 64.6 Å². The molecular formula is C6H11NS2. The van der Waals surface area contributed by atoms with Gasteiger partial charge in [0.2, 0.25) is 0 Å². The van der Waals surface area contributed by atoms with E-state index in [0.29, 0.717) is 0 Å². The third-order valence-electron chi connectivity index (χ3n) is 1.88. The van der Waals surface area contributed by atoms with Crippen LogP contribution in [0.2, 0.25) is 0 Å². The Kier molecular flexibility index (Phi) is 1.93. The summed E-state index contributed by atoms with van der Waals surface area (Å²) in [6.07, 6.45) is 0. The largest absolute Gasteiger partial charge is 0.289 e. The van der Waals surface area contributed by atoms with Crippen molar-refractivity contribution in [2.75, 3.05) is 30.3 Å². The molecule has 0 bridgehead atoms. The molecule has 0 saturated carbocycles. The fourth-order valence-corrected chi connectivity index (χ4v) is 3.98. The highest BCUT2D eigenvalue weighted by Gasteiger charge is 2.27. The minimum absolute atomic E-state index is 0.878. The predicted octanol–water partition coefficient (Wildman–Crippen LogP) is 1.11. The Balaban J connectivity index is 1.97. The van der Waals surface area contributed by atoms with Crippen molar-refractivity contribution in [3.05, 3.63) is 0 Å². The molecule has 2 aliphatic rings. The number of nitrogens with zero attached hydrogens (tertiary/aromatic N) is 1.